The van der Waals surface area contributed by atoms with Crippen LogP contribution in [0.25, 0.3) is 0 Å². The molecule has 0 bridgehead atoms. The van der Waals surface area contributed by atoms with Crippen molar-refractivity contribution in [1.29, 1.82) is 0 Å². The number of ketones is 1. The van der Waals surface area contributed by atoms with E-state index in [1.54, 1.807) is 12.1 Å². The molecule has 1 aliphatic heterocycles. The third-order valence-corrected chi connectivity index (χ3v) is 4.83. The molecule has 1 heterocycles. The molecule has 0 radical (unpaired) electrons. The second-order valence-electron chi connectivity index (χ2n) is 7.48. The van der Waals surface area contributed by atoms with Gasteiger partial charge >= 0.3 is 18.0 Å². The smallest absolute Gasteiger partial charge is 0.412 e. The molecule has 13 heteroatoms. The van der Waals surface area contributed by atoms with E-state index in [0.29, 0.717) is 25.9 Å². The molecular weight excluding hydrogens is 468 g/mol. The van der Waals surface area contributed by atoms with Crippen molar-refractivity contribution in [3.63, 3.8) is 0 Å². The molecule has 1 atom stereocenters. The first-order valence-corrected chi connectivity index (χ1v) is 10.8. The van der Waals surface area contributed by atoms with Crippen molar-refractivity contribution in [1.82, 2.24) is 10.2 Å². The fourth-order valence-electron chi connectivity index (χ4n) is 3.12. The fourth-order valence-corrected chi connectivity index (χ4v) is 3.12. The second kappa shape index (κ2) is 13.9. The number of rotatable bonds is 11. The van der Waals surface area contributed by atoms with Crippen molar-refractivity contribution in [2.24, 2.45) is 0 Å². The molecule has 2 amide bonds. The minimum Gasteiger partial charge on any atom is -0.428 e. The summed E-state index contributed by atoms with van der Waals surface area (Å²) < 4.78 is 15.0. The van der Waals surface area contributed by atoms with Gasteiger partial charge < -0.3 is 29.5 Å². The van der Waals surface area contributed by atoms with Gasteiger partial charge in [0.2, 0.25) is 12.7 Å². The van der Waals surface area contributed by atoms with Crippen LogP contribution < -0.4 is 10.2 Å². The van der Waals surface area contributed by atoms with Gasteiger partial charge in [-0.15, -0.1) is 0 Å². The molecule has 1 aliphatic rings. The SMILES string of the molecule is CC(=O)OCOC(=O)N1CCC(OCC(=O)NC(CO)C(=O)c2ccccc2OOC(C)=O)CC1. The highest BCUT2D eigenvalue weighted by Gasteiger charge is 2.27. The Morgan fingerprint density at radius 3 is 2.37 bits per heavy atom. The van der Waals surface area contributed by atoms with E-state index in [-0.39, 0.29) is 24.0 Å². The zero-order chi connectivity index (χ0) is 25.8. The Hall–Kier alpha value is -3.71. The summed E-state index contributed by atoms with van der Waals surface area (Å²) in [6, 6.07) is 4.63. The van der Waals surface area contributed by atoms with Gasteiger partial charge in [-0.25, -0.2) is 9.59 Å². The Kier molecular flexibility index (Phi) is 10.9. The number of para-hydroxylation sites is 1. The maximum atomic E-state index is 12.8. The van der Waals surface area contributed by atoms with E-state index in [9.17, 15) is 29.1 Å². The number of esters is 1. The standard InChI is InChI=1S/C22H28N2O11/c1-14(26)32-13-33-22(30)24-9-7-16(8-10-24)31-12-20(28)23-18(11-25)21(29)17-5-3-4-6-19(17)35-34-15(2)27/h3-6,16,18,25H,7-13H2,1-2H3,(H,23,28). The molecule has 35 heavy (non-hydrogen) atoms. The molecule has 0 aliphatic carbocycles. The van der Waals surface area contributed by atoms with E-state index in [1.807, 2.05) is 0 Å². The third-order valence-electron chi connectivity index (χ3n) is 4.83. The van der Waals surface area contributed by atoms with Crippen LogP contribution in [0.2, 0.25) is 0 Å². The summed E-state index contributed by atoms with van der Waals surface area (Å²) in [5.41, 5.74) is 0.00183. The number of aliphatic hydroxyl groups is 1. The number of carbonyl (C=O) groups excluding carboxylic acids is 5. The van der Waals surface area contributed by atoms with Crippen LogP contribution in [-0.4, -0.2) is 85.0 Å². The molecule has 1 unspecified atom stereocenters. The molecule has 2 rings (SSSR count). The van der Waals surface area contributed by atoms with Gasteiger partial charge in [-0.05, 0) is 25.0 Å². The maximum Gasteiger partial charge on any atom is 0.412 e. The summed E-state index contributed by atoms with van der Waals surface area (Å²) in [4.78, 5) is 69.4. The summed E-state index contributed by atoms with van der Waals surface area (Å²) in [6.45, 7) is 1.46. The van der Waals surface area contributed by atoms with Gasteiger partial charge in [-0.1, -0.05) is 12.1 Å². The minimum absolute atomic E-state index is 0.00183. The summed E-state index contributed by atoms with van der Waals surface area (Å²) in [6.07, 6.45) is -0.0395. The Morgan fingerprint density at radius 2 is 1.74 bits per heavy atom. The highest BCUT2D eigenvalue weighted by molar-refractivity contribution is 6.04. The zero-order valence-corrected chi connectivity index (χ0v) is 19.4. The second-order valence-corrected chi connectivity index (χ2v) is 7.48. The molecule has 13 nitrogen and oxygen atoms in total. The van der Waals surface area contributed by atoms with Crippen LogP contribution >= 0.6 is 0 Å². The van der Waals surface area contributed by atoms with E-state index in [4.69, 9.17) is 14.4 Å². The average Bonchev–Trinajstić information content (AvgIpc) is 2.84. The van der Waals surface area contributed by atoms with Crippen LogP contribution in [0, 0.1) is 0 Å². The predicted octanol–water partition coefficient (Wildman–Crippen LogP) is 0.342. The van der Waals surface area contributed by atoms with Crippen LogP contribution in [0.1, 0.15) is 37.0 Å². The monoisotopic (exact) mass is 496 g/mol. The summed E-state index contributed by atoms with van der Waals surface area (Å²) in [5, 5.41) is 12.0. The number of nitrogens with zero attached hydrogens (tertiary/aromatic N) is 1. The number of piperidine rings is 1. The molecular formula is C22H28N2O11. The van der Waals surface area contributed by atoms with Gasteiger partial charge in [-0.2, -0.15) is 0 Å². The molecule has 1 aromatic carbocycles. The lowest BCUT2D eigenvalue weighted by Crippen LogP contribution is -2.46. The number of hydrogen-bond acceptors (Lipinski definition) is 11. The number of aliphatic hydroxyl groups excluding tert-OH is 1. The molecule has 1 aromatic rings. The Bertz CT molecular complexity index is 912. The van der Waals surface area contributed by atoms with Gasteiger partial charge in [0.25, 0.3) is 0 Å². The normalized spacial score (nSPS) is 14.4. The van der Waals surface area contributed by atoms with Crippen molar-refractivity contribution < 1.29 is 53.1 Å². The maximum absolute atomic E-state index is 12.8. The number of benzene rings is 1. The van der Waals surface area contributed by atoms with E-state index in [0.717, 1.165) is 6.92 Å². The first-order valence-electron chi connectivity index (χ1n) is 10.8. The quantitative estimate of drug-likeness (QED) is 0.143. The first-order chi connectivity index (χ1) is 16.7. The first kappa shape index (κ1) is 27.5. The molecule has 1 saturated heterocycles. The summed E-state index contributed by atoms with van der Waals surface area (Å²) in [7, 11) is 0. The van der Waals surface area contributed by atoms with Crippen molar-refractivity contribution in [2.45, 2.75) is 38.8 Å². The Balaban J connectivity index is 1.79. The average molecular weight is 496 g/mol. The van der Waals surface area contributed by atoms with Crippen LogP contribution in [0.3, 0.4) is 0 Å². The lowest BCUT2D eigenvalue weighted by molar-refractivity contribution is -0.211. The lowest BCUT2D eigenvalue weighted by Gasteiger charge is -2.31. The molecule has 2 N–H and O–H groups in total. The highest BCUT2D eigenvalue weighted by atomic mass is 17.2. The molecule has 0 spiro atoms. The van der Waals surface area contributed by atoms with E-state index < -0.39 is 49.2 Å². The Labute approximate surface area is 201 Å². The number of hydrogen-bond donors (Lipinski definition) is 2. The van der Waals surface area contributed by atoms with Gasteiger partial charge in [-0.3, -0.25) is 24.2 Å². The molecule has 192 valence electrons. The largest absolute Gasteiger partial charge is 0.428 e. The van der Waals surface area contributed by atoms with E-state index >= 15 is 0 Å². The van der Waals surface area contributed by atoms with Gasteiger partial charge in [0.15, 0.2) is 11.5 Å². The zero-order valence-electron chi connectivity index (χ0n) is 19.4. The topological polar surface area (TPSA) is 167 Å². The predicted molar refractivity (Wildman–Crippen MR) is 116 cm³/mol. The van der Waals surface area contributed by atoms with E-state index in [1.165, 1.54) is 24.0 Å². The van der Waals surface area contributed by atoms with Crippen LogP contribution in [0.4, 0.5) is 4.79 Å². The van der Waals surface area contributed by atoms with Gasteiger partial charge in [0.05, 0.1) is 18.3 Å². The minimum atomic E-state index is -1.28. The van der Waals surface area contributed by atoms with Crippen LogP contribution in [0.5, 0.6) is 5.75 Å². The van der Waals surface area contributed by atoms with Crippen molar-refractivity contribution >= 4 is 29.7 Å². The number of nitrogens with one attached hydrogen (secondary N) is 1. The molecule has 0 aromatic heterocycles. The van der Waals surface area contributed by atoms with Crippen LogP contribution in [-0.2, 0) is 33.5 Å². The van der Waals surface area contributed by atoms with Crippen molar-refractivity contribution in [3.05, 3.63) is 29.8 Å². The molecule has 0 saturated carbocycles. The third kappa shape index (κ3) is 9.22. The van der Waals surface area contributed by atoms with Crippen molar-refractivity contribution in [2.75, 3.05) is 33.1 Å². The number of likely N-dealkylation sites (tertiary alicyclic amines) is 1. The van der Waals surface area contributed by atoms with Crippen LogP contribution in [0.15, 0.2) is 24.3 Å². The highest BCUT2D eigenvalue weighted by Crippen LogP contribution is 2.20. The Morgan fingerprint density at radius 1 is 1.06 bits per heavy atom. The summed E-state index contributed by atoms with van der Waals surface area (Å²) >= 11 is 0. The number of Topliss-reactive ketones (excluding diaryl/α,β-unsaturated/α-hetero) is 1. The molecule has 1 fully saturated rings. The van der Waals surface area contributed by atoms with Crippen molar-refractivity contribution in [3.8, 4) is 5.75 Å². The fraction of sp³-hybridized carbons (Fsp3) is 0.500. The number of ether oxygens (including phenoxy) is 3. The number of amides is 2. The summed E-state index contributed by atoms with van der Waals surface area (Å²) in [5.74, 6) is -2.60. The van der Waals surface area contributed by atoms with Gasteiger partial charge in [0, 0.05) is 26.9 Å². The lowest BCUT2D eigenvalue weighted by atomic mass is 10.0. The van der Waals surface area contributed by atoms with Gasteiger partial charge in [0.1, 0.15) is 12.6 Å². The number of carbonyl (C=O) groups is 5. The van der Waals surface area contributed by atoms with E-state index in [2.05, 4.69) is 14.9 Å².